The second-order valence-electron chi connectivity index (χ2n) is 4.45. The fourth-order valence-electron chi connectivity index (χ4n) is 1.95. The highest BCUT2D eigenvalue weighted by molar-refractivity contribution is 7.89. The third-order valence-corrected chi connectivity index (χ3v) is 5.76. The Morgan fingerprint density at radius 1 is 1.15 bits per heavy atom. The summed E-state index contributed by atoms with van der Waals surface area (Å²) in [6.07, 6.45) is 1.49. The molecule has 0 saturated carbocycles. The lowest BCUT2D eigenvalue weighted by molar-refractivity contribution is 0.410. The molecule has 7 heteroatoms. The van der Waals surface area contributed by atoms with Gasteiger partial charge in [0.2, 0.25) is 10.0 Å². The molecule has 20 heavy (non-hydrogen) atoms. The number of nitrogens with zero attached hydrogens (tertiary/aromatic N) is 1. The maximum atomic E-state index is 12.7. The highest BCUT2D eigenvalue weighted by Crippen LogP contribution is 2.32. The van der Waals surface area contributed by atoms with Crippen LogP contribution in [0.2, 0.25) is 10.0 Å². The van der Waals surface area contributed by atoms with Crippen LogP contribution >= 0.6 is 23.2 Å². The molecule has 1 aromatic rings. The third kappa shape index (κ3) is 3.65. The molecule has 1 rings (SSSR count). The van der Waals surface area contributed by atoms with Crippen molar-refractivity contribution in [3.05, 3.63) is 27.7 Å². The van der Waals surface area contributed by atoms with E-state index in [-0.39, 0.29) is 16.5 Å². The van der Waals surface area contributed by atoms with Crippen molar-refractivity contribution < 1.29 is 8.42 Å². The molecule has 4 nitrogen and oxygen atoms in total. The molecule has 1 aromatic carbocycles. The summed E-state index contributed by atoms with van der Waals surface area (Å²) in [6, 6.07) is 2.97. The smallest absolute Gasteiger partial charge is 0.244 e. The molecule has 0 heterocycles. The highest BCUT2D eigenvalue weighted by Gasteiger charge is 2.27. The van der Waals surface area contributed by atoms with Gasteiger partial charge in [-0.05, 0) is 25.0 Å². The average Bonchev–Trinajstić information content (AvgIpc) is 2.38. The largest absolute Gasteiger partial charge is 0.326 e. The third-order valence-electron chi connectivity index (χ3n) is 2.92. The molecule has 0 aliphatic carbocycles. The van der Waals surface area contributed by atoms with Gasteiger partial charge in [0.1, 0.15) is 4.90 Å². The van der Waals surface area contributed by atoms with Crippen molar-refractivity contribution in [3.63, 3.8) is 0 Å². The van der Waals surface area contributed by atoms with Crippen LogP contribution in [0.25, 0.3) is 0 Å². The van der Waals surface area contributed by atoms with E-state index in [4.69, 9.17) is 28.9 Å². The Morgan fingerprint density at radius 2 is 1.70 bits per heavy atom. The summed E-state index contributed by atoms with van der Waals surface area (Å²) < 4.78 is 26.8. The summed E-state index contributed by atoms with van der Waals surface area (Å²) in [5.41, 5.74) is 6.04. The minimum Gasteiger partial charge on any atom is -0.326 e. The Hall–Kier alpha value is -0.330. The Labute approximate surface area is 130 Å². The highest BCUT2D eigenvalue weighted by atomic mass is 35.5. The second kappa shape index (κ2) is 7.61. The van der Waals surface area contributed by atoms with Gasteiger partial charge in [0.25, 0.3) is 0 Å². The first-order chi connectivity index (χ1) is 9.39. The first kappa shape index (κ1) is 17.7. The van der Waals surface area contributed by atoms with Crippen molar-refractivity contribution in [2.24, 2.45) is 5.73 Å². The van der Waals surface area contributed by atoms with Gasteiger partial charge < -0.3 is 5.73 Å². The second-order valence-corrected chi connectivity index (χ2v) is 7.14. The molecule has 2 N–H and O–H groups in total. The van der Waals surface area contributed by atoms with Crippen LogP contribution in [0.3, 0.4) is 0 Å². The number of halogens is 2. The van der Waals surface area contributed by atoms with Crippen molar-refractivity contribution >= 4 is 33.2 Å². The minimum absolute atomic E-state index is 0.0749. The summed E-state index contributed by atoms with van der Waals surface area (Å²) in [5, 5.41) is 0.506. The lowest BCUT2D eigenvalue weighted by Crippen LogP contribution is -2.33. The molecule has 0 spiro atoms. The predicted molar refractivity (Wildman–Crippen MR) is 83.7 cm³/mol. The van der Waals surface area contributed by atoms with E-state index < -0.39 is 10.0 Å². The van der Waals surface area contributed by atoms with Crippen LogP contribution in [0, 0.1) is 0 Å². The average molecular weight is 339 g/mol. The molecule has 0 atom stereocenters. The van der Waals surface area contributed by atoms with Crippen molar-refractivity contribution in [2.75, 3.05) is 13.1 Å². The molecule has 0 aliphatic heterocycles. The Morgan fingerprint density at radius 3 is 2.15 bits per heavy atom. The Bertz CT molecular complexity index is 556. The van der Waals surface area contributed by atoms with E-state index in [2.05, 4.69) is 0 Å². The van der Waals surface area contributed by atoms with Crippen LogP contribution in [-0.4, -0.2) is 25.8 Å². The van der Waals surface area contributed by atoms with E-state index >= 15 is 0 Å². The molecule has 0 saturated heterocycles. The van der Waals surface area contributed by atoms with Gasteiger partial charge >= 0.3 is 0 Å². The lowest BCUT2D eigenvalue weighted by Gasteiger charge is -2.22. The summed E-state index contributed by atoms with van der Waals surface area (Å²) in [7, 11) is -3.62. The van der Waals surface area contributed by atoms with Crippen LogP contribution in [0.1, 0.15) is 32.3 Å². The minimum atomic E-state index is -3.62. The molecule has 0 unspecified atom stereocenters. The fourth-order valence-corrected chi connectivity index (χ4v) is 4.48. The number of nitrogens with two attached hydrogens (primary N) is 1. The summed E-state index contributed by atoms with van der Waals surface area (Å²) in [5.74, 6) is 0. The zero-order chi connectivity index (χ0) is 15.3. The summed E-state index contributed by atoms with van der Waals surface area (Å²) >= 11 is 12.2. The number of hydrogen-bond acceptors (Lipinski definition) is 3. The predicted octanol–water partition coefficient (Wildman–Crippen LogP) is 3.26. The molecule has 0 amide bonds. The fraction of sp³-hybridized carbons (Fsp3) is 0.538. The normalized spacial score (nSPS) is 12.1. The van der Waals surface area contributed by atoms with Gasteiger partial charge in [-0.25, -0.2) is 8.42 Å². The van der Waals surface area contributed by atoms with Crippen LogP contribution in [0.15, 0.2) is 17.0 Å². The van der Waals surface area contributed by atoms with Gasteiger partial charge in [0.15, 0.2) is 0 Å². The number of sulfonamides is 1. The molecule has 114 valence electrons. The van der Waals surface area contributed by atoms with Crippen LogP contribution in [0.5, 0.6) is 0 Å². The molecular formula is C13H20Cl2N2O2S. The summed E-state index contributed by atoms with van der Waals surface area (Å²) in [4.78, 5) is 0.0749. The van der Waals surface area contributed by atoms with Crippen molar-refractivity contribution in [1.82, 2.24) is 4.31 Å². The Balaban J connectivity index is 3.34. The van der Waals surface area contributed by atoms with Gasteiger partial charge in [-0.1, -0.05) is 37.0 Å². The van der Waals surface area contributed by atoms with Gasteiger partial charge in [0, 0.05) is 30.2 Å². The monoisotopic (exact) mass is 338 g/mol. The van der Waals surface area contributed by atoms with Crippen LogP contribution in [0.4, 0.5) is 0 Å². The number of benzene rings is 1. The van der Waals surface area contributed by atoms with E-state index in [1.54, 1.807) is 0 Å². The maximum Gasteiger partial charge on any atom is 0.244 e. The quantitative estimate of drug-likeness (QED) is 0.829. The molecule has 0 aromatic heterocycles. The SMILES string of the molecule is CCCN(CCC)S(=O)(=O)c1ccc(Cl)c(CN)c1Cl. The number of rotatable bonds is 7. The van der Waals surface area contributed by atoms with Gasteiger partial charge in [0.05, 0.1) is 5.02 Å². The van der Waals surface area contributed by atoms with Crippen LogP contribution < -0.4 is 5.73 Å². The van der Waals surface area contributed by atoms with Crippen molar-refractivity contribution in [3.8, 4) is 0 Å². The van der Waals surface area contributed by atoms with Gasteiger partial charge in [-0.3, -0.25) is 0 Å². The molecule has 0 aliphatic rings. The topological polar surface area (TPSA) is 63.4 Å². The van der Waals surface area contributed by atoms with Crippen molar-refractivity contribution in [1.29, 1.82) is 0 Å². The zero-order valence-electron chi connectivity index (χ0n) is 11.7. The van der Waals surface area contributed by atoms with Gasteiger partial charge in [-0.2, -0.15) is 4.31 Å². The Kier molecular flexibility index (Phi) is 6.75. The van der Waals surface area contributed by atoms with E-state index in [0.717, 1.165) is 12.8 Å². The molecule has 0 radical (unpaired) electrons. The molecular weight excluding hydrogens is 319 g/mol. The lowest BCUT2D eigenvalue weighted by atomic mass is 10.2. The van der Waals surface area contributed by atoms with E-state index in [0.29, 0.717) is 23.7 Å². The van der Waals surface area contributed by atoms with E-state index in [1.807, 2.05) is 13.8 Å². The van der Waals surface area contributed by atoms with E-state index in [1.165, 1.54) is 16.4 Å². The standard InChI is InChI=1S/C13H20Cl2N2O2S/c1-3-7-17(8-4-2)20(18,19)12-6-5-11(14)10(9-16)13(12)15/h5-6H,3-4,7-9,16H2,1-2H3. The maximum absolute atomic E-state index is 12.7. The first-order valence-corrected chi connectivity index (χ1v) is 8.76. The number of hydrogen-bond donors (Lipinski definition) is 1. The first-order valence-electron chi connectivity index (χ1n) is 6.57. The molecule has 0 fully saturated rings. The van der Waals surface area contributed by atoms with E-state index in [9.17, 15) is 8.42 Å². The van der Waals surface area contributed by atoms with Crippen LogP contribution in [-0.2, 0) is 16.6 Å². The zero-order valence-corrected chi connectivity index (χ0v) is 14.0. The molecule has 0 bridgehead atoms. The van der Waals surface area contributed by atoms with Crippen molar-refractivity contribution in [2.45, 2.75) is 38.1 Å². The van der Waals surface area contributed by atoms with Gasteiger partial charge in [-0.15, -0.1) is 0 Å². The summed E-state index contributed by atoms with van der Waals surface area (Å²) in [6.45, 7) is 4.91.